The summed E-state index contributed by atoms with van der Waals surface area (Å²) in [5, 5.41) is 0. The summed E-state index contributed by atoms with van der Waals surface area (Å²) in [5.41, 5.74) is 2.79. The minimum Gasteiger partial charge on any atom is -0.370 e. The second-order valence-corrected chi connectivity index (χ2v) is 4.84. The zero-order chi connectivity index (χ0) is 11.5. The highest BCUT2D eigenvalue weighted by molar-refractivity contribution is 5.49. The van der Waals surface area contributed by atoms with Crippen LogP contribution in [0.25, 0.3) is 0 Å². The fraction of sp³-hybridized carbons (Fsp3) is 0.571. The molecule has 1 fully saturated rings. The molecule has 2 nitrogen and oxygen atoms in total. The third-order valence-corrected chi connectivity index (χ3v) is 3.64. The molecule has 0 saturated carbocycles. The average molecular weight is 218 g/mol. The summed E-state index contributed by atoms with van der Waals surface area (Å²) in [6, 6.07) is 9.59. The van der Waals surface area contributed by atoms with Crippen LogP contribution in [0.4, 0.5) is 5.69 Å². The van der Waals surface area contributed by atoms with E-state index < -0.39 is 0 Å². The van der Waals surface area contributed by atoms with Crippen LogP contribution in [0.2, 0.25) is 0 Å². The number of hydrogen-bond acceptors (Lipinski definition) is 2. The highest BCUT2D eigenvalue weighted by Crippen LogP contribution is 2.21. The van der Waals surface area contributed by atoms with E-state index in [0.717, 1.165) is 6.42 Å². The topological polar surface area (TPSA) is 6.48 Å². The molecule has 88 valence electrons. The zero-order valence-electron chi connectivity index (χ0n) is 10.6. The first kappa shape index (κ1) is 11.5. The van der Waals surface area contributed by atoms with E-state index in [-0.39, 0.29) is 0 Å². The third-order valence-electron chi connectivity index (χ3n) is 3.64. The zero-order valence-corrected chi connectivity index (χ0v) is 10.6. The van der Waals surface area contributed by atoms with E-state index >= 15 is 0 Å². The van der Waals surface area contributed by atoms with Gasteiger partial charge in [-0.05, 0) is 44.1 Å². The first-order valence-electron chi connectivity index (χ1n) is 6.21. The van der Waals surface area contributed by atoms with Crippen molar-refractivity contribution < 1.29 is 0 Å². The maximum Gasteiger partial charge on any atom is 0.0425 e. The molecule has 0 spiro atoms. The molecule has 0 aliphatic carbocycles. The highest BCUT2D eigenvalue weighted by Gasteiger charge is 2.23. The van der Waals surface area contributed by atoms with Gasteiger partial charge in [0.15, 0.2) is 0 Å². The van der Waals surface area contributed by atoms with Crippen LogP contribution in [0.1, 0.15) is 18.9 Å². The van der Waals surface area contributed by atoms with Gasteiger partial charge in [0.25, 0.3) is 0 Å². The molecule has 0 amide bonds. The molecular formula is C14H22N2. The average Bonchev–Trinajstić information content (AvgIpc) is 2.75. The summed E-state index contributed by atoms with van der Waals surface area (Å²) in [7, 11) is 4.43. The van der Waals surface area contributed by atoms with Gasteiger partial charge in [-0.2, -0.15) is 0 Å². The molecule has 1 aromatic carbocycles. The van der Waals surface area contributed by atoms with E-state index in [1.54, 1.807) is 0 Å². The maximum absolute atomic E-state index is 2.43. The standard InChI is InChI=1S/C14H22N2/c1-4-12-6-5-7-13(10-12)16(3)14-8-9-15(2)11-14/h5-7,10,14H,4,8-9,11H2,1-3H3. The maximum atomic E-state index is 2.43. The predicted octanol–water partition coefficient (Wildman–Crippen LogP) is 2.39. The summed E-state index contributed by atoms with van der Waals surface area (Å²) >= 11 is 0. The molecule has 1 heterocycles. The number of likely N-dealkylation sites (N-methyl/N-ethyl adjacent to an activating group) is 2. The summed E-state index contributed by atoms with van der Waals surface area (Å²) in [6.07, 6.45) is 2.40. The predicted molar refractivity (Wildman–Crippen MR) is 70.1 cm³/mol. The molecule has 0 radical (unpaired) electrons. The van der Waals surface area contributed by atoms with Gasteiger partial charge in [-0.25, -0.2) is 0 Å². The Labute approximate surface area is 98.9 Å². The first-order valence-corrected chi connectivity index (χ1v) is 6.21. The lowest BCUT2D eigenvalue weighted by Gasteiger charge is -2.27. The molecule has 2 rings (SSSR count). The second kappa shape index (κ2) is 4.88. The Morgan fingerprint density at radius 1 is 1.44 bits per heavy atom. The van der Waals surface area contributed by atoms with Crippen LogP contribution < -0.4 is 4.90 Å². The quantitative estimate of drug-likeness (QED) is 0.768. The van der Waals surface area contributed by atoms with Crippen molar-refractivity contribution in [3.63, 3.8) is 0 Å². The van der Waals surface area contributed by atoms with Gasteiger partial charge in [-0.15, -0.1) is 0 Å². The molecule has 0 aromatic heterocycles. The lowest BCUT2D eigenvalue weighted by molar-refractivity contribution is 0.409. The van der Waals surface area contributed by atoms with Crippen molar-refractivity contribution >= 4 is 5.69 Å². The van der Waals surface area contributed by atoms with E-state index in [1.165, 1.54) is 30.8 Å². The number of rotatable bonds is 3. The number of likely N-dealkylation sites (tertiary alicyclic amines) is 1. The Morgan fingerprint density at radius 3 is 2.88 bits per heavy atom. The van der Waals surface area contributed by atoms with Gasteiger partial charge in [0.2, 0.25) is 0 Å². The van der Waals surface area contributed by atoms with Crippen LogP contribution in [-0.4, -0.2) is 38.1 Å². The summed E-state index contributed by atoms with van der Waals surface area (Å²) in [4.78, 5) is 4.84. The van der Waals surface area contributed by atoms with Crippen molar-refractivity contribution in [2.75, 3.05) is 32.1 Å². The normalized spacial score (nSPS) is 21.3. The monoisotopic (exact) mass is 218 g/mol. The van der Waals surface area contributed by atoms with E-state index in [2.05, 4.69) is 55.1 Å². The van der Waals surface area contributed by atoms with Crippen LogP contribution in [0.5, 0.6) is 0 Å². The van der Waals surface area contributed by atoms with Crippen LogP contribution in [0.15, 0.2) is 24.3 Å². The number of anilines is 1. The van der Waals surface area contributed by atoms with Crippen LogP contribution in [0.3, 0.4) is 0 Å². The van der Waals surface area contributed by atoms with Crippen molar-refractivity contribution in [2.24, 2.45) is 0 Å². The number of aryl methyl sites for hydroxylation is 1. The van der Waals surface area contributed by atoms with Crippen molar-refractivity contribution in [3.8, 4) is 0 Å². The number of hydrogen-bond donors (Lipinski definition) is 0. The Kier molecular flexibility index (Phi) is 3.49. The molecule has 0 bridgehead atoms. The SMILES string of the molecule is CCc1cccc(N(C)C2CCN(C)C2)c1. The third kappa shape index (κ3) is 2.38. The molecule has 2 heteroatoms. The fourth-order valence-corrected chi connectivity index (χ4v) is 2.43. The molecular weight excluding hydrogens is 196 g/mol. The van der Waals surface area contributed by atoms with Crippen LogP contribution >= 0.6 is 0 Å². The molecule has 0 N–H and O–H groups in total. The summed E-state index contributed by atoms with van der Waals surface area (Å²) in [5.74, 6) is 0. The van der Waals surface area contributed by atoms with Crippen molar-refractivity contribution in [1.29, 1.82) is 0 Å². The van der Waals surface area contributed by atoms with E-state index in [1.807, 2.05) is 0 Å². The lowest BCUT2D eigenvalue weighted by Crippen LogP contribution is -2.33. The van der Waals surface area contributed by atoms with Gasteiger partial charge in [0, 0.05) is 25.3 Å². The Morgan fingerprint density at radius 2 is 2.25 bits per heavy atom. The number of benzene rings is 1. The highest BCUT2D eigenvalue weighted by atomic mass is 15.2. The van der Waals surface area contributed by atoms with E-state index in [9.17, 15) is 0 Å². The van der Waals surface area contributed by atoms with Gasteiger partial charge in [-0.3, -0.25) is 0 Å². The molecule has 1 atom stereocenters. The Bertz CT molecular complexity index is 348. The Hall–Kier alpha value is -1.02. The molecule has 1 saturated heterocycles. The first-order chi connectivity index (χ1) is 7.70. The van der Waals surface area contributed by atoms with E-state index in [0.29, 0.717) is 6.04 Å². The minimum absolute atomic E-state index is 0.678. The van der Waals surface area contributed by atoms with Crippen LogP contribution in [0, 0.1) is 0 Å². The van der Waals surface area contributed by atoms with E-state index in [4.69, 9.17) is 0 Å². The summed E-state index contributed by atoms with van der Waals surface area (Å²) < 4.78 is 0. The van der Waals surface area contributed by atoms with Gasteiger partial charge in [0.1, 0.15) is 0 Å². The summed E-state index contributed by atoms with van der Waals surface area (Å²) in [6.45, 7) is 4.62. The van der Waals surface area contributed by atoms with Gasteiger partial charge >= 0.3 is 0 Å². The van der Waals surface area contributed by atoms with Crippen molar-refractivity contribution in [1.82, 2.24) is 4.90 Å². The molecule has 1 unspecified atom stereocenters. The van der Waals surface area contributed by atoms with Crippen molar-refractivity contribution in [2.45, 2.75) is 25.8 Å². The molecule has 16 heavy (non-hydrogen) atoms. The largest absolute Gasteiger partial charge is 0.370 e. The minimum atomic E-state index is 0.678. The van der Waals surface area contributed by atoms with Gasteiger partial charge in [-0.1, -0.05) is 19.1 Å². The van der Waals surface area contributed by atoms with Gasteiger partial charge in [0.05, 0.1) is 0 Å². The fourth-order valence-electron chi connectivity index (χ4n) is 2.43. The van der Waals surface area contributed by atoms with Gasteiger partial charge < -0.3 is 9.80 Å². The smallest absolute Gasteiger partial charge is 0.0425 e. The molecule has 1 aromatic rings. The Balaban J connectivity index is 2.10. The number of nitrogens with zero attached hydrogens (tertiary/aromatic N) is 2. The van der Waals surface area contributed by atoms with Crippen molar-refractivity contribution in [3.05, 3.63) is 29.8 Å². The lowest BCUT2D eigenvalue weighted by atomic mass is 10.1. The second-order valence-electron chi connectivity index (χ2n) is 4.84. The van der Waals surface area contributed by atoms with Crippen LogP contribution in [-0.2, 0) is 6.42 Å². The molecule has 1 aliphatic rings. The molecule has 1 aliphatic heterocycles.